The normalized spacial score (nSPS) is 14.9. The third-order valence-electron chi connectivity index (χ3n) is 5.78. The standard InChI is InChI=1S/C29H23NOS/c1-2-21-16-18-22(19-17-21)20-30-27-15-9-8-14-26(27)28(32-23-10-4-3-5-11-23)24-12-6-7-13-25(24)29(30)31/h2-19,28H,1,20H2/t28-/m1/s1. The summed E-state index contributed by atoms with van der Waals surface area (Å²) < 4.78 is 0. The molecular formula is C29H23NOS. The van der Waals surface area contributed by atoms with Crippen LogP contribution in [0, 0.1) is 0 Å². The molecule has 1 heterocycles. The summed E-state index contributed by atoms with van der Waals surface area (Å²) in [6.45, 7) is 4.35. The van der Waals surface area contributed by atoms with Crippen LogP contribution in [0.25, 0.3) is 6.08 Å². The summed E-state index contributed by atoms with van der Waals surface area (Å²) in [6, 6.07) is 34.9. The van der Waals surface area contributed by atoms with Gasteiger partial charge in [-0.1, -0.05) is 91.5 Å². The number of para-hydroxylation sites is 1. The van der Waals surface area contributed by atoms with Crippen molar-refractivity contribution in [1.29, 1.82) is 0 Å². The largest absolute Gasteiger partial charge is 0.304 e. The Morgan fingerprint density at radius 2 is 1.44 bits per heavy atom. The number of thioether (sulfide) groups is 1. The number of carbonyl (C=O) groups is 1. The SMILES string of the molecule is C=Cc1ccc(CN2C(=O)c3ccccc3[C@@H](Sc3ccccc3)c3ccccc32)cc1. The Balaban J connectivity index is 1.63. The Labute approximate surface area is 193 Å². The highest BCUT2D eigenvalue weighted by atomic mass is 32.2. The molecule has 0 aliphatic carbocycles. The molecule has 156 valence electrons. The van der Waals surface area contributed by atoms with E-state index in [2.05, 4.69) is 67.2 Å². The van der Waals surface area contributed by atoms with Gasteiger partial charge in [0.2, 0.25) is 0 Å². The lowest BCUT2D eigenvalue weighted by molar-refractivity contribution is 0.0985. The number of nitrogens with zero attached hydrogens (tertiary/aromatic N) is 1. The van der Waals surface area contributed by atoms with Crippen molar-refractivity contribution in [3.63, 3.8) is 0 Å². The maximum absolute atomic E-state index is 13.8. The zero-order valence-electron chi connectivity index (χ0n) is 17.6. The van der Waals surface area contributed by atoms with Crippen LogP contribution in [-0.2, 0) is 6.54 Å². The second-order valence-corrected chi connectivity index (χ2v) is 8.97. The number of hydrogen-bond acceptors (Lipinski definition) is 2. The van der Waals surface area contributed by atoms with Crippen molar-refractivity contribution in [3.05, 3.63) is 138 Å². The molecule has 0 saturated carbocycles. The molecule has 3 heteroatoms. The van der Waals surface area contributed by atoms with Crippen LogP contribution in [0.3, 0.4) is 0 Å². The van der Waals surface area contributed by atoms with Crippen molar-refractivity contribution in [1.82, 2.24) is 0 Å². The molecule has 0 saturated heterocycles. The first-order valence-electron chi connectivity index (χ1n) is 10.7. The van der Waals surface area contributed by atoms with E-state index in [1.807, 2.05) is 53.4 Å². The molecule has 0 aromatic heterocycles. The van der Waals surface area contributed by atoms with Crippen LogP contribution < -0.4 is 4.90 Å². The first-order valence-corrected chi connectivity index (χ1v) is 11.6. The van der Waals surface area contributed by atoms with E-state index in [0.717, 1.165) is 33.5 Å². The zero-order chi connectivity index (χ0) is 21.9. The van der Waals surface area contributed by atoms with Crippen molar-refractivity contribution in [2.45, 2.75) is 16.7 Å². The maximum Gasteiger partial charge on any atom is 0.258 e. The van der Waals surface area contributed by atoms with Gasteiger partial charge in [0.05, 0.1) is 11.8 Å². The molecular weight excluding hydrogens is 410 g/mol. The predicted molar refractivity (Wildman–Crippen MR) is 134 cm³/mol. The minimum atomic E-state index is 0.0295. The van der Waals surface area contributed by atoms with Gasteiger partial charge in [-0.3, -0.25) is 4.79 Å². The van der Waals surface area contributed by atoms with E-state index >= 15 is 0 Å². The Kier molecular flexibility index (Phi) is 5.66. The molecule has 0 N–H and O–H groups in total. The Bertz CT molecular complexity index is 1260. The zero-order valence-corrected chi connectivity index (χ0v) is 18.5. The summed E-state index contributed by atoms with van der Waals surface area (Å²) in [7, 11) is 0. The van der Waals surface area contributed by atoms with Crippen LogP contribution >= 0.6 is 11.8 Å². The average molecular weight is 434 g/mol. The van der Waals surface area contributed by atoms with Gasteiger partial charge in [0.25, 0.3) is 5.91 Å². The Hall–Kier alpha value is -3.56. The fourth-order valence-electron chi connectivity index (χ4n) is 4.16. The van der Waals surface area contributed by atoms with Crippen molar-refractivity contribution in [2.75, 3.05) is 4.90 Å². The van der Waals surface area contributed by atoms with Gasteiger partial charge < -0.3 is 4.90 Å². The summed E-state index contributed by atoms with van der Waals surface area (Å²) in [6.07, 6.45) is 1.83. The fourth-order valence-corrected chi connectivity index (χ4v) is 5.40. The van der Waals surface area contributed by atoms with E-state index in [4.69, 9.17) is 0 Å². The Morgan fingerprint density at radius 1 is 0.781 bits per heavy atom. The van der Waals surface area contributed by atoms with Crippen LogP contribution in [0.5, 0.6) is 0 Å². The predicted octanol–water partition coefficient (Wildman–Crippen LogP) is 7.37. The summed E-state index contributed by atoms with van der Waals surface area (Å²) in [4.78, 5) is 16.9. The van der Waals surface area contributed by atoms with Gasteiger partial charge >= 0.3 is 0 Å². The molecule has 1 aliphatic heterocycles. The molecule has 0 bridgehead atoms. The maximum atomic E-state index is 13.8. The van der Waals surface area contributed by atoms with E-state index in [1.165, 1.54) is 4.90 Å². The van der Waals surface area contributed by atoms with Gasteiger partial charge in [-0.15, -0.1) is 11.8 Å². The average Bonchev–Trinajstić information content (AvgIpc) is 2.95. The summed E-state index contributed by atoms with van der Waals surface area (Å²) in [5.74, 6) is 0.0389. The number of rotatable bonds is 5. The molecule has 32 heavy (non-hydrogen) atoms. The lowest BCUT2D eigenvalue weighted by atomic mass is 10.00. The lowest BCUT2D eigenvalue weighted by Gasteiger charge is -2.24. The van der Waals surface area contributed by atoms with Crippen LogP contribution in [0.2, 0.25) is 0 Å². The Morgan fingerprint density at radius 3 is 2.19 bits per heavy atom. The monoisotopic (exact) mass is 433 g/mol. The molecule has 0 radical (unpaired) electrons. The smallest absolute Gasteiger partial charge is 0.258 e. The van der Waals surface area contributed by atoms with E-state index in [1.54, 1.807) is 11.8 Å². The van der Waals surface area contributed by atoms with Crippen LogP contribution in [0.15, 0.2) is 115 Å². The van der Waals surface area contributed by atoms with Crippen molar-refractivity contribution in [3.8, 4) is 0 Å². The molecule has 1 amide bonds. The molecule has 0 unspecified atom stereocenters. The minimum Gasteiger partial charge on any atom is -0.304 e. The van der Waals surface area contributed by atoms with Crippen LogP contribution in [0.1, 0.15) is 37.9 Å². The summed E-state index contributed by atoms with van der Waals surface area (Å²) in [5, 5.41) is 0.0295. The van der Waals surface area contributed by atoms with E-state index in [9.17, 15) is 4.79 Å². The first-order chi connectivity index (χ1) is 15.7. The number of benzene rings is 4. The molecule has 4 aromatic rings. The second kappa shape index (κ2) is 8.89. The van der Waals surface area contributed by atoms with E-state index < -0.39 is 0 Å². The number of fused-ring (bicyclic) bond motifs is 2. The fraction of sp³-hybridized carbons (Fsp3) is 0.0690. The van der Waals surface area contributed by atoms with Gasteiger partial charge in [-0.05, 0) is 46.5 Å². The molecule has 0 fully saturated rings. The van der Waals surface area contributed by atoms with Crippen molar-refractivity contribution >= 4 is 29.4 Å². The number of hydrogen-bond donors (Lipinski definition) is 0. The van der Waals surface area contributed by atoms with E-state index in [0.29, 0.717) is 6.54 Å². The molecule has 4 aromatic carbocycles. The van der Waals surface area contributed by atoms with Gasteiger partial charge in [-0.2, -0.15) is 0 Å². The molecule has 1 aliphatic rings. The lowest BCUT2D eigenvalue weighted by Crippen LogP contribution is -2.30. The van der Waals surface area contributed by atoms with Crippen LogP contribution in [-0.4, -0.2) is 5.91 Å². The van der Waals surface area contributed by atoms with Gasteiger partial charge in [0.1, 0.15) is 0 Å². The number of anilines is 1. The van der Waals surface area contributed by atoms with Gasteiger partial charge in [0.15, 0.2) is 0 Å². The molecule has 2 nitrogen and oxygen atoms in total. The topological polar surface area (TPSA) is 20.3 Å². The summed E-state index contributed by atoms with van der Waals surface area (Å²) in [5.41, 5.74) is 6.10. The molecule has 0 spiro atoms. The van der Waals surface area contributed by atoms with Gasteiger partial charge in [-0.25, -0.2) is 0 Å². The highest BCUT2D eigenvalue weighted by molar-refractivity contribution is 7.99. The van der Waals surface area contributed by atoms with Crippen LogP contribution in [0.4, 0.5) is 5.69 Å². The molecule has 5 rings (SSSR count). The second-order valence-electron chi connectivity index (χ2n) is 7.79. The number of amides is 1. The summed E-state index contributed by atoms with van der Waals surface area (Å²) >= 11 is 1.79. The quantitative estimate of drug-likeness (QED) is 0.327. The van der Waals surface area contributed by atoms with Crippen molar-refractivity contribution in [2.24, 2.45) is 0 Å². The third-order valence-corrected chi connectivity index (χ3v) is 7.07. The first kappa shape index (κ1) is 20.3. The minimum absolute atomic E-state index is 0.0295. The third kappa shape index (κ3) is 3.88. The number of carbonyl (C=O) groups excluding carboxylic acids is 1. The molecule has 1 atom stereocenters. The highest BCUT2D eigenvalue weighted by Gasteiger charge is 2.32. The highest BCUT2D eigenvalue weighted by Crippen LogP contribution is 2.47. The van der Waals surface area contributed by atoms with Crippen molar-refractivity contribution < 1.29 is 4.79 Å². The van der Waals surface area contributed by atoms with E-state index in [-0.39, 0.29) is 11.2 Å². The van der Waals surface area contributed by atoms with Gasteiger partial charge in [0, 0.05) is 16.1 Å².